The van der Waals surface area contributed by atoms with Crippen LogP contribution in [0.15, 0.2) is 54.6 Å². The molecule has 0 bridgehead atoms. The van der Waals surface area contributed by atoms with E-state index < -0.39 is 0 Å². The molecule has 0 aromatic heterocycles. The van der Waals surface area contributed by atoms with Crippen LogP contribution in [0.2, 0.25) is 0 Å². The molecule has 0 radical (unpaired) electrons. The number of benzene rings is 3. The molecular weight excluding hydrogens is 356 g/mol. The molecule has 1 aliphatic heterocycles. The summed E-state index contributed by atoms with van der Waals surface area (Å²) in [5.74, 6) is 1.61. The minimum absolute atomic E-state index is 0.0326. The van der Waals surface area contributed by atoms with E-state index in [1.807, 2.05) is 25.1 Å². The molecule has 0 saturated heterocycles. The SMILES string of the molecule is COc1cc(O)cc(C)c1[C@H]1c2ccc(O)cc2OC[C@H]1c1ccc(O)cc1. The minimum atomic E-state index is -0.107. The molecule has 0 unspecified atom stereocenters. The van der Waals surface area contributed by atoms with Crippen molar-refractivity contribution >= 4 is 0 Å². The number of ether oxygens (including phenoxy) is 2. The van der Waals surface area contributed by atoms with Crippen molar-refractivity contribution < 1.29 is 24.8 Å². The van der Waals surface area contributed by atoms with E-state index in [1.54, 1.807) is 43.5 Å². The number of methoxy groups -OCH3 is 1. The summed E-state index contributed by atoms with van der Waals surface area (Å²) >= 11 is 0. The zero-order valence-electron chi connectivity index (χ0n) is 15.7. The van der Waals surface area contributed by atoms with Crippen LogP contribution >= 0.6 is 0 Å². The van der Waals surface area contributed by atoms with Crippen LogP contribution < -0.4 is 9.47 Å². The van der Waals surface area contributed by atoms with Crippen molar-refractivity contribution in [1.29, 1.82) is 0 Å². The Bertz CT molecular complexity index is 1010. The Morgan fingerprint density at radius 2 is 1.61 bits per heavy atom. The summed E-state index contributed by atoms with van der Waals surface area (Å²) in [4.78, 5) is 0. The second kappa shape index (κ2) is 7.00. The van der Waals surface area contributed by atoms with E-state index in [4.69, 9.17) is 9.47 Å². The molecule has 3 aromatic carbocycles. The summed E-state index contributed by atoms with van der Waals surface area (Å²) < 4.78 is 11.6. The molecule has 3 N–H and O–H groups in total. The number of aryl methyl sites for hydroxylation is 1. The van der Waals surface area contributed by atoms with Gasteiger partial charge in [0.2, 0.25) is 0 Å². The molecule has 1 heterocycles. The lowest BCUT2D eigenvalue weighted by Crippen LogP contribution is -2.26. The Balaban J connectivity index is 1.94. The van der Waals surface area contributed by atoms with Crippen molar-refractivity contribution in [3.63, 3.8) is 0 Å². The maximum absolute atomic E-state index is 10.0. The Hall–Kier alpha value is -3.34. The molecule has 3 aromatic rings. The highest BCUT2D eigenvalue weighted by Crippen LogP contribution is 2.50. The predicted octanol–water partition coefficient (Wildman–Crippen LogP) is 4.43. The first kappa shape index (κ1) is 18.0. The van der Waals surface area contributed by atoms with Gasteiger partial charge in [0.15, 0.2) is 0 Å². The summed E-state index contributed by atoms with van der Waals surface area (Å²) in [5.41, 5.74) is 3.84. The van der Waals surface area contributed by atoms with Crippen molar-refractivity contribution in [2.45, 2.75) is 18.8 Å². The van der Waals surface area contributed by atoms with Gasteiger partial charge in [-0.05, 0) is 42.3 Å². The molecular formula is C23H22O5. The number of rotatable bonds is 3. The van der Waals surface area contributed by atoms with Crippen molar-refractivity contribution in [1.82, 2.24) is 0 Å². The number of phenols is 3. The van der Waals surface area contributed by atoms with E-state index in [2.05, 4.69) is 0 Å². The van der Waals surface area contributed by atoms with Gasteiger partial charge in [-0.1, -0.05) is 18.2 Å². The van der Waals surface area contributed by atoms with Crippen LogP contribution in [0.1, 0.15) is 34.1 Å². The van der Waals surface area contributed by atoms with Gasteiger partial charge in [0, 0.05) is 35.1 Å². The fourth-order valence-corrected chi connectivity index (χ4v) is 4.08. The van der Waals surface area contributed by atoms with Gasteiger partial charge in [0.05, 0.1) is 13.7 Å². The average Bonchev–Trinajstić information content (AvgIpc) is 2.67. The highest BCUT2D eigenvalue weighted by molar-refractivity contribution is 5.57. The van der Waals surface area contributed by atoms with E-state index >= 15 is 0 Å². The van der Waals surface area contributed by atoms with Gasteiger partial charge in [0.25, 0.3) is 0 Å². The summed E-state index contributed by atoms with van der Waals surface area (Å²) in [5, 5.41) is 29.6. The number of hydrogen-bond donors (Lipinski definition) is 3. The largest absolute Gasteiger partial charge is 0.508 e. The lowest BCUT2D eigenvalue weighted by molar-refractivity contribution is 0.245. The first-order valence-electron chi connectivity index (χ1n) is 9.10. The van der Waals surface area contributed by atoms with E-state index in [9.17, 15) is 15.3 Å². The molecule has 4 rings (SSSR count). The van der Waals surface area contributed by atoms with Crippen LogP contribution in [0.4, 0.5) is 0 Å². The third-order valence-corrected chi connectivity index (χ3v) is 5.34. The van der Waals surface area contributed by atoms with Crippen LogP contribution in [0.25, 0.3) is 0 Å². The molecule has 5 nitrogen and oxygen atoms in total. The zero-order valence-corrected chi connectivity index (χ0v) is 15.7. The fourth-order valence-electron chi connectivity index (χ4n) is 4.08. The zero-order chi connectivity index (χ0) is 19.8. The standard InChI is InChI=1S/C23H22O5/c1-13-9-17(26)11-21(27-2)22(13)23-18-8-7-16(25)10-20(18)28-12-19(23)14-3-5-15(24)6-4-14/h3-11,19,23-26H,12H2,1-2H3/t19-,23-/m0/s1. The van der Waals surface area contributed by atoms with Crippen molar-refractivity contribution in [3.8, 4) is 28.7 Å². The predicted molar refractivity (Wildman–Crippen MR) is 106 cm³/mol. The van der Waals surface area contributed by atoms with E-state index in [1.165, 1.54) is 0 Å². The number of phenolic OH excluding ortho intramolecular Hbond substituents is 3. The van der Waals surface area contributed by atoms with Crippen LogP contribution in [0.5, 0.6) is 28.7 Å². The lowest BCUT2D eigenvalue weighted by atomic mass is 9.74. The van der Waals surface area contributed by atoms with Crippen LogP contribution in [-0.4, -0.2) is 29.0 Å². The maximum atomic E-state index is 10.0. The molecule has 0 saturated carbocycles. The summed E-state index contributed by atoms with van der Waals surface area (Å²) in [6.07, 6.45) is 0. The highest BCUT2D eigenvalue weighted by atomic mass is 16.5. The smallest absolute Gasteiger partial charge is 0.126 e. The molecule has 0 spiro atoms. The first-order valence-corrected chi connectivity index (χ1v) is 9.10. The lowest BCUT2D eigenvalue weighted by Gasteiger charge is -2.36. The second-order valence-electron chi connectivity index (χ2n) is 7.09. The van der Waals surface area contributed by atoms with Gasteiger partial charge in [-0.3, -0.25) is 0 Å². The number of fused-ring (bicyclic) bond motifs is 1. The van der Waals surface area contributed by atoms with E-state index in [0.717, 1.165) is 22.3 Å². The van der Waals surface area contributed by atoms with Gasteiger partial charge < -0.3 is 24.8 Å². The molecule has 0 fully saturated rings. The second-order valence-corrected chi connectivity index (χ2v) is 7.09. The monoisotopic (exact) mass is 378 g/mol. The van der Waals surface area contributed by atoms with Crippen LogP contribution in [0, 0.1) is 6.92 Å². The number of hydrogen-bond acceptors (Lipinski definition) is 5. The molecule has 5 heteroatoms. The van der Waals surface area contributed by atoms with E-state index in [-0.39, 0.29) is 29.1 Å². The van der Waals surface area contributed by atoms with Crippen molar-refractivity contribution in [3.05, 3.63) is 76.9 Å². The minimum Gasteiger partial charge on any atom is -0.508 e. The molecule has 2 atom stereocenters. The van der Waals surface area contributed by atoms with Crippen molar-refractivity contribution in [2.75, 3.05) is 13.7 Å². The van der Waals surface area contributed by atoms with Gasteiger partial charge in [0.1, 0.15) is 28.7 Å². The van der Waals surface area contributed by atoms with Crippen LogP contribution in [0.3, 0.4) is 0 Å². The highest BCUT2D eigenvalue weighted by Gasteiger charge is 2.36. The van der Waals surface area contributed by atoms with Gasteiger partial charge in [-0.25, -0.2) is 0 Å². The van der Waals surface area contributed by atoms with Gasteiger partial charge in [-0.2, -0.15) is 0 Å². The summed E-state index contributed by atoms with van der Waals surface area (Å²) in [6, 6.07) is 15.6. The Kier molecular flexibility index (Phi) is 4.51. The quantitative estimate of drug-likeness (QED) is 0.628. The Labute approximate surface area is 163 Å². The maximum Gasteiger partial charge on any atom is 0.126 e. The first-order chi connectivity index (χ1) is 13.5. The third-order valence-electron chi connectivity index (χ3n) is 5.34. The van der Waals surface area contributed by atoms with Gasteiger partial charge in [-0.15, -0.1) is 0 Å². The molecule has 28 heavy (non-hydrogen) atoms. The van der Waals surface area contributed by atoms with E-state index in [0.29, 0.717) is 18.1 Å². The molecule has 144 valence electrons. The number of aromatic hydroxyl groups is 3. The Morgan fingerprint density at radius 1 is 0.893 bits per heavy atom. The van der Waals surface area contributed by atoms with Crippen LogP contribution in [-0.2, 0) is 0 Å². The normalized spacial score (nSPS) is 18.2. The van der Waals surface area contributed by atoms with Gasteiger partial charge >= 0.3 is 0 Å². The van der Waals surface area contributed by atoms with Crippen molar-refractivity contribution in [2.24, 2.45) is 0 Å². The topological polar surface area (TPSA) is 79.2 Å². The third kappa shape index (κ3) is 3.09. The molecule has 1 aliphatic rings. The Morgan fingerprint density at radius 3 is 2.32 bits per heavy atom. The summed E-state index contributed by atoms with van der Waals surface area (Å²) in [6.45, 7) is 2.36. The summed E-state index contributed by atoms with van der Waals surface area (Å²) in [7, 11) is 1.59. The molecule has 0 amide bonds. The average molecular weight is 378 g/mol. The fraction of sp³-hybridized carbons (Fsp3) is 0.217. The molecule has 0 aliphatic carbocycles.